The van der Waals surface area contributed by atoms with Gasteiger partial charge in [0, 0.05) is 27.2 Å². The van der Waals surface area contributed by atoms with Gasteiger partial charge in [0.15, 0.2) is 0 Å². The summed E-state index contributed by atoms with van der Waals surface area (Å²) in [6.07, 6.45) is 5.97. The molecule has 4 atom stereocenters. The fraction of sp³-hybridized carbons (Fsp3) is 0.464. The summed E-state index contributed by atoms with van der Waals surface area (Å²) in [5.74, 6) is 0.268. The molecule has 6 rings (SSSR count). The van der Waals surface area contributed by atoms with Gasteiger partial charge in [0.2, 0.25) is 11.8 Å². The van der Waals surface area contributed by atoms with Crippen molar-refractivity contribution in [3.8, 4) is 16.9 Å². The number of rotatable bonds is 5. The molecule has 36 heavy (non-hydrogen) atoms. The third kappa shape index (κ3) is 4.10. The molecule has 3 heterocycles. The van der Waals surface area contributed by atoms with E-state index in [1.54, 1.807) is 6.20 Å². The van der Waals surface area contributed by atoms with E-state index in [0.717, 1.165) is 63.9 Å². The first kappa shape index (κ1) is 23.9. The Bertz CT molecular complexity index is 1330. The van der Waals surface area contributed by atoms with E-state index in [0.29, 0.717) is 23.6 Å². The minimum Gasteiger partial charge on any atom is -0.486 e. The quantitative estimate of drug-likeness (QED) is 0.340. The SMILES string of the molecule is Cc1cc(Cl)cc(-c2ccnc3cc(CN4C(=O)C5CCCCC5C4=O)sc23)c1O[C@@H]1CCC[C@@H]1F. The molecule has 8 heteroatoms. The maximum Gasteiger partial charge on any atom is 0.233 e. The summed E-state index contributed by atoms with van der Waals surface area (Å²) in [6.45, 7) is 2.20. The number of benzene rings is 1. The summed E-state index contributed by atoms with van der Waals surface area (Å²) in [5.41, 5.74) is 3.35. The van der Waals surface area contributed by atoms with Crippen molar-refractivity contribution >= 4 is 45.0 Å². The van der Waals surface area contributed by atoms with E-state index in [9.17, 15) is 14.0 Å². The van der Waals surface area contributed by atoms with Gasteiger partial charge in [-0.25, -0.2) is 4.39 Å². The predicted molar refractivity (Wildman–Crippen MR) is 139 cm³/mol. The van der Waals surface area contributed by atoms with Gasteiger partial charge in [-0.3, -0.25) is 19.5 Å². The monoisotopic (exact) mass is 526 g/mol. The Morgan fingerprint density at radius 3 is 2.50 bits per heavy atom. The number of ether oxygens (including phenoxy) is 1. The summed E-state index contributed by atoms with van der Waals surface area (Å²) >= 11 is 7.98. The van der Waals surface area contributed by atoms with Gasteiger partial charge < -0.3 is 4.74 Å². The smallest absolute Gasteiger partial charge is 0.233 e. The van der Waals surface area contributed by atoms with Gasteiger partial charge in [0.1, 0.15) is 18.0 Å². The molecule has 3 fully saturated rings. The highest BCUT2D eigenvalue weighted by molar-refractivity contribution is 7.19. The Kier molecular flexibility index (Phi) is 6.24. The number of hydrogen-bond donors (Lipinski definition) is 0. The van der Waals surface area contributed by atoms with Crippen molar-refractivity contribution in [2.24, 2.45) is 11.8 Å². The van der Waals surface area contributed by atoms with Gasteiger partial charge in [-0.05, 0) is 68.9 Å². The third-order valence-electron chi connectivity index (χ3n) is 7.88. The number of imide groups is 1. The molecular formula is C28H28ClFN2O3S. The van der Waals surface area contributed by atoms with Crippen LogP contribution in [0.2, 0.25) is 5.02 Å². The maximum atomic E-state index is 14.4. The van der Waals surface area contributed by atoms with E-state index < -0.39 is 12.3 Å². The molecule has 3 aliphatic rings. The van der Waals surface area contributed by atoms with Crippen LogP contribution < -0.4 is 4.74 Å². The lowest BCUT2D eigenvalue weighted by atomic mass is 9.81. The lowest BCUT2D eigenvalue weighted by molar-refractivity contribution is -0.140. The molecule has 0 N–H and O–H groups in total. The van der Waals surface area contributed by atoms with Crippen molar-refractivity contribution in [3.63, 3.8) is 0 Å². The van der Waals surface area contributed by atoms with E-state index >= 15 is 0 Å². The van der Waals surface area contributed by atoms with E-state index in [4.69, 9.17) is 16.3 Å². The van der Waals surface area contributed by atoms with Crippen molar-refractivity contribution in [2.75, 3.05) is 0 Å². The highest BCUT2D eigenvalue weighted by atomic mass is 35.5. The van der Waals surface area contributed by atoms with E-state index in [2.05, 4.69) is 4.98 Å². The number of carbonyl (C=O) groups excluding carboxylic acids is 2. The van der Waals surface area contributed by atoms with Gasteiger partial charge >= 0.3 is 0 Å². The number of halogens is 2. The number of amides is 2. The third-order valence-corrected chi connectivity index (χ3v) is 9.24. The first-order valence-corrected chi connectivity index (χ1v) is 13.9. The Hall–Kier alpha value is -2.51. The van der Waals surface area contributed by atoms with Crippen molar-refractivity contribution in [3.05, 3.63) is 45.9 Å². The lowest BCUT2D eigenvalue weighted by Crippen LogP contribution is -2.30. The van der Waals surface area contributed by atoms with Crippen LogP contribution in [0.25, 0.3) is 21.3 Å². The first-order chi connectivity index (χ1) is 17.4. The Morgan fingerprint density at radius 2 is 1.81 bits per heavy atom. The zero-order valence-electron chi connectivity index (χ0n) is 20.1. The number of thiophene rings is 1. The standard InChI is InChI=1S/C28H28ClFN2O3S/c1-15-11-16(29)12-21(25(15)35-24-8-4-7-22(24)30)18-9-10-31-23-13-17(36-26(18)23)14-32-27(33)19-5-2-3-6-20(19)28(32)34/h9-13,19-20,22,24H,2-8,14H2,1H3/t19?,20?,22-,24+/m0/s1. The van der Waals surface area contributed by atoms with Gasteiger partial charge in [0.05, 0.1) is 28.6 Å². The minimum absolute atomic E-state index is 0.0335. The van der Waals surface area contributed by atoms with Gasteiger partial charge in [0.25, 0.3) is 0 Å². The number of hydrogen-bond acceptors (Lipinski definition) is 5. The van der Waals surface area contributed by atoms with Crippen molar-refractivity contribution < 1.29 is 18.7 Å². The van der Waals surface area contributed by atoms with Gasteiger partial charge in [-0.15, -0.1) is 11.3 Å². The molecule has 3 aromatic rings. The van der Waals surface area contributed by atoms with Crippen molar-refractivity contribution in [1.29, 1.82) is 0 Å². The number of aromatic nitrogens is 1. The Morgan fingerprint density at radius 1 is 1.06 bits per heavy atom. The maximum absolute atomic E-state index is 14.4. The van der Waals surface area contributed by atoms with Crippen LogP contribution in [-0.2, 0) is 16.1 Å². The molecule has 0 radical (unpaired) electrons. The molecule has 1 aliphatic heterocycles. The lowest BCUT2D eigenvalue weighted by Gasteiger charge is -2.21. The number of alkyl halides is 1. The highest BCUT2D eigenvalue weighted by Crippen LogP contribution is 2.44. The molecule has 1 saturated heterocycles. The fourth-order valence-electron chi connectivity index (χ4n) is 6.07. The number of aryl methyl sites for hydroxylation is 1. The molecule has 5 nitrogen and oxygen atoms in total. The molecule has 2 unspecified atom stereocenters. The van der Waals surface area contributed by atoms with Crippen LogP contribution in [0.5, 0.6) is 5.75 Å². The second-order valence-electron chi connectivity index (χ2n) is 10.2. The minimum atomic E-state index is -0.974. The normalized spacial score (nSPS) is 26.1. The highest BCUT2D eigenvalue weighted by Gasteiger charge is 2.48. The molecule has 2 saturated carbocycles. The van der Waals surface area contributed by atoms with Crippen LogP contribution in [0.4, 0.5) is 4.39 Å². The number of carbonyl (C=O) groups is 2. The molecule has 0 bridgehead atoms. The van der Waals surface area contributed by atoms with Crippen LogP contribution in [-0.4, -0.2) is 34.0 Å². The summed E-state index contributed by atoms with van der Waals surface area (Å²) in [6, 6.07) is 7.57. The zero-order chi connectivity index (χ0) is 25.0. The molecule has 1 aromatic carbocycles. The van der Waals surface area contributed by atoms with E-state index in [1.807, 2.05) is 31.2 Å². The fourth-order valence-corrected chi connectivity index (χ4v) is 7.47. The van der Waals surface area contributed by atoms with Crippen LogP contribution in [0.15, 0.2) is 30.5 Å². The van der Waals surface area contributed by atoms with Crippen LogP contribution in [0.1, 0.15) is 55.4 Å². The topological polar surface area (TPSA) is 59.5 Å². The predicted octanol–water partition coefficient (Wildman–Crippen LogP) is 6.87. The average molecular weight is 527 g/mol. The largest absolute Gasteiger partial charge is 0.486 e. The average Bonchev–Trinajstić information content (AvgIpc) is 3.53. The molecule has 188 valence electrons. The van der Waals surface area contributed by atoms with E-state index in [-0.39, 0.29) is 30.2 Å². The van der Waals surface area contributed by atoms with Crippen LogP contribution in [0.3, 0.4) is 0 Å². The molecule has 2 aromatic heterocycles. The summed E-state index contributed by atoms with van der Waals surface area (Å²) in [4.78, 5) is 32.9. The van der Waals surface area contributed by atoms with Crippen molar-refractivity contribution in [1.82, 2.24) is 9.88 Å². The zero-order valence-corrected chi connectivity index (χ0v) is 21.7. The second kappa shape index (κ2) is 9.42. The second-order valence-corrected chi connectivity index (χ2v) is 11.8. The molecule has 2 amide bonds. The first-order valence-electron chi connectivity index (χ1n) is 12.7. The Labute approximate surface area is 218 Å². The number of pyridine rings is 1. The molecule has 2 aliphatic carbocycles. The van der Waals surface area contributed by atoms with Gasteiger partial charge in [-0.1, -0.05) is 24.4 Å². The molecule has 0 spiro atoms. The number of nitrogens with zero attached hydrogens (tertiary/aromatic N) is 2. The van der Waals surface area contributed by atoms with Gasteiger partial charge in [-0.2, -0.15) is 0 Å². The summed E-state index contributed by atoms with van der Waals surface area (Å²) in [7, 11) is 0. The van der Waals surface area contributed by atoms with Crippen molar-refractivity contribution in [2.45, 2.75) is 70.7 Å². The van der Waals surface area contributed by atoms with E-state index in [1.165, 1.54) is 16.2 Å². The summed E-state index contributed by atoms with van der Waals surface area (Å²) < 4.78 is 21.6. The van der Waals surface area contributed by atoms with Crippen LogP contribution >= 0.6 is 22.9 Å². The summed E-state index contributed by atoms with van der Waals surface area (Å²) in [5, 5.41) is 0.579. The Balaban J connectivity index is 1.36. The number of fused-ring (bicyclic) bond motifs is 2. The molecular weight excluding hydrogens is 499 g/mol. The van der Waals surface area contributed by atoms with Crippen LogP contribution in [0, 0.1) is 18.8 Å². The number of likely N-dealkylation sites (tertiary alicyclic amines) is 1.